The molecule has 424 valence electrons. The Kier molecular flexibility index (Phi) is 58.8. The van der Waals surface area contributed by atoms with Crippen molar-refractivity contribution >= 4 is 17.9 Å². The first kappa shape index (κ1) is 70.3. The second-order valence-electron chi connectivity index (χ2n) is 20.6. The highest BCUT2D eigenvalue weighted by atomic mass is 16.6. The smallest absolute Gasteiger partial charge is 0.306 e. The van der Waals surface area contributed by atoms with Gasteiger partial charge in [0.15, 0.2) is 6.10 Å². The van der Waals surface area contributed by atoms with Crippen molar-refractivity contribution < 1.29 is 28.6 Å². The third-order valence-corrected chi connectivity index (χ3v) is 13.3. The van der Waals surface area contributed by atoms with E-state index in [-0.39, 0.29) is 31.6 Å². The molecule has 0 aliphatic heterocycles. The maximum absolute atomic E-state index is 12.9. The van der Waals surface area contributed by atoms with Crippen molar-refractivity contribution in [3.8, 4) is 0 Å². The normalized spacial score (nSPS) is 12.7. The summed E-state index contributed by atoms with van der Waals surface area (Å²) in [4.78, 5) is 38.3. The largest absolute Gasteiger partial charge is 0.462 e. The molecule has 0 aliphatic carbocycles. The molecule has 0 saturated heterocycles. The lowest BCUT2D eigenvalue weighted by atomic mass is 10.0. The van der Waals surface area contributed by atoms with Crippen molar-refractivity contribution in [1.82, 2.24) is 0 Å². The van der Waals surface area contributed by atoms with Gasteiger partial charge in [-0.25, -0.2) is 0 Å². The number of carbonyl (C=O) groups excluding carboxylic acids is 3. The number of hydrogen-bond donors (Lipinski definition) is 0. The van der Waals surface area contributed by atoms with E-state index in [1.54, 1.807) is 0 Å². The van der Waals surface area contributed by atoms with Gasteiger partial charge in [0.2, 0.25) is 0 Å². The van der Waals surface area contributed by atoms with Crippen LogP contribution in [-0.2, 0) is 28.6 Å². The Bertz CT molecular complexity index is 1460. The van der Waals surface area contributed by atoms with Gasteiger partial charge in [-0.1, -0.05) is 285 Å². The van der Waals surface area contributed by atoms with Crippen LogP contribution in [0.3, 0.4) is 0 Å². The number of carbonyl (C=O) groups is 3. The number of allylic oxidation sites excluding steroid dienone is 16. The van der Waals surface area contributed by atoms with Crippen molar-refractivity contribution in [1.29, 1.82) is 0 Å². The Morgan fingerprint density at radius 3 is 0.878 bits per heavy atom. The van der Waals surface area contributed by atoms with E-state index in [0.29, 0.717) is 19.3 Å². The Morgan fingerprint density at radius 2 is 0.554 bits per heavy atom. The molecule has 1 atom stereocenters. The molecule has 0 aromatic heterocycles. The van der Waals surface area contributed by atoms with Crippen LogP contribution in [0.2, 0.25) is 0 Å². The van der Waals surface area contributed by atoms with E-state index in [4.69, 9.17) is 14.2 Å². The number of unbranched alkanes of at least 4 members (excludes halogenated alkanes) is 29. The monoisotopic (exact) mass is 1030 g/mol. The number of rotatable bonds is 56. The predicted octanol–water partition coefficient (Wildman–Crippen LogP) is 21.3. The Hall–Kier alpha value is -3.67. The second kappa shape index (κ2) is 61.9. The molecule has 0 amide bonds. The standard InChI is InChI=1S/C68H116O6/c1-4-7-10-13-16-19-22-25-28-31-33-34-36-37-40-43-46-49-52-55-58-61-67(70)73-64-65(63-72-66(69)60-57-54-51-48-45-42-39-30-27-24-21-18-15-12-9-6-3)74-68(71)62-59-56-53-50-47-44-41-38-35-32-29-26-23-20-17-14-11-8-5-2/h8,11,17,20,22,25-26,29,31,33,35,38,44,47,53,56,65H,4-7,9-10,12-16,18-19,21,23-24,27-28,30,32,34,36-37,39-43,45-46,48-52,54-55,57-64H2,1-3H3/b11-8-,20-17-,25-22-,29-26-,33-31-,38-35-,47-44-,56-53-. The Labute approximate surface area is 457 Å². The van der Waals surface area contributed by atoms with Gasteiger partial charge >= 0.3 is 17.9 Å². The summed E-state index contributed by atoms with van der Waals surface area (Å²) < 4.78 is 16.8. The van der Waals surface area contributed by atoms with E-state index in [2.05, 4.69) is 112 Å². The summed E-state index contributed by atoms with van der Waals surface area (Å²) in [6.07, 6.45) is 82.7. The van der Waals surface area contributed by atoms with Crippen LogP contribution in [0.15, 0.2) is 97.2 Å². The lowest BCUT2D eigenvalue weighted by Crippen LogP contribution is -2.30. The van der Waals surface area contributed by atoms with Crippen LogP contribution in [0.25, 0.3) is 0 Å². The summed E-state index contributed by atoms with van der Waals surface area (Å²) in [5, 5.41) is 0. The van der Waals surface area contributed by atoms with Gasteiger partial charge in [-0.2, -0.15) is 0 Å². The molecule has 6 nitrogen and oxygen atoms in total. The molecule has 0 heterocycles. The van der Waals surface area contributed by atoms with Crippen molar-refractivity contribution in [3.63, 3.8) is 0 Å². The van der Waals surface area contributed by atoms with Gasteiger partial charge in [0, 0.05) is 19.3 Å². The number of esters is 3. The predicted molar refractivity (Wildman–Crippen MR) is 320 cm³/mol. The topological polar surface area (TPSA) is 78.9 Å². The van der Waals surface area contributed by atoms with E-state index in [1.807, 2.05) is 6.08 Å². The van der Waals surface area contributed by atoms with Crippen LogP contribution in [0.4, 0.5) is 0 Å². The van der Waals surface area contributed by atoms with Crippen molar-refractivity contribution in [2.24, 2.45) is 0 Å². The van der Waals surface area contributed by atoms with Crippen LogP contribution in [0.5, 0.6) is 0 Å². The van der Waals surface area contributed by atoms with Crippen LogP contribution in [0, 0.1) is 0 Å². The zero-order valence-corrected chi connectivity index (χ0v) is 48.6. The van der Waals surface area contributed by atoms with Gasteiger partial charge in [0.25, 0.3) is 0 Å². The molecule has 0 N–H and O–H groups in total. The molecule has 0 aromatic carbocycles. The first-order valence-corrected chi connectivity index (χ1v) is 31.2. The molecule has 74 heavy (non-hydrogen) atoms. The van der Waals surface area contributed by atoms with Crippen LogP contribution in [-0.4, -0.2) is 37.2 Å². The molecule has 0 saturated carbocycles. The molecule has 0 bridgehead atoms. The van der Waals surface area contributed by atoms with Gasteiger partial charge in [-0.05, 0) is 89.9 Å². The molecule has 0 radical (unpaired) electrons. The summed E-state index contributed by atoms with van der Waals surface area (Å²) in [6, 6.07) is 0. The maximum atomic E-state index is 12.9. The van der Waals surface area contributed by atoms with Crippen LogP contribution < -0.4 is 0 Å². The van der Waals surface area contributed by atoms with Crippen molar-refractivity contribution in [2.75, 3.05) is 13.2 Å². The summed E-state index contributed by atoms with van der Waals surface area (Å²) in [5.41, 5.74) is 0. The molecular weight excluding hydrogens is 913 g/mol. The fourth-order valence-electron chi connectivity index (χ4n) is 8.68. The van der Waals surface area contributed by atoms with Crippen molar-refractivity contribution in [3.05, 3.63) is 97.2 Å². The summed E-state index contributed by atoms with van der Waals surface area (Å²) in [6.45, 7) is 6.48. The van der Waals surface area contributed by atoms with E-state index in [1.165, 1.54) is 167 Å². The Morgan fingerprint density at radius 1 is 0.284 bits per heavy atom. The average molecular weight is 1030 g/mol. The minimum Gasteiger partial charge on any atom is -0.462 e. The summed E-state index contributed by atoms with van der Waals surface area (Å²) in [7, 11) is 0. The fourth-order valence-corrected chi connectivity index (χ4v) is 8.68. The first-order chi connectivity index (χ1) is 36.5. The fraction of sp³-hybridized carbons (Fsp3) is 0.721. The third-order valence-electron chi connectivity index (χ3n) is 13.3. The second-order valence-corrected chi connectivity index (χ2v) is 20.6. The highest BCUT2D eigenvalue weighted by molar-refractivity contribution is 5.71. The molecule has 1 unspecified atom stereocenters. The van der Waals surface area contributed by atoms with E-state index < -0.39 is 12.1 Å². The summed E-state index contributed by atoms with van der Waals surface area (Å²) >= 11 is 0. The number of hydrogen-bond acceptors (Lipinski definition) is 6. The average Bonchev–Trinajstić information content (AvgIpc) is 3.40. The quantitative estimate of drug-likeness (QED) is 0.0261. The van der Waals surface area contributed by atoms with Gasteiger partial charge in [-0.3, -0.25) is 14.4 Å². The molecule has 0 aromatic rings. The minimum atomic E-state index is -0.820. The molecule has 0 rings (SSSR count). The summed E-state index contributed by atoms with van der Waals surface area (Å²) in [5.74, 6) is -0.986. The molecule has 0 spiro atoms. The third kappa shape index (κ3) is 59.2. The van der Waals surface area contributed by atoms with Gasteiger partial charge < -0.3 is 14.2 Å². The van der Waals surface area contributed by atoms with Crippen LogP contribution >= 0.6 is 0 Å². The van der Waals surface area contributed by atoms with Gasteiger partial charge in [-0.15, -0.1) is 0 Å². The van der Waals surface area contributed by atoms with E-state index >= 15 is 0 Å². The lowest BCUT2D eigenvalue weighted by Gasteiger charge is -2.18. The minimum absolute atomic E-state index is 0.107. The molecule has 0 aliphatic rings. The van der Waals surface area contributed by atoms with Gasteiger partial charge in [0.1, 0.15) is 13.2 Å². The highest BCUT2D eigenvalue weighted by Crippen LogP contribution is 2.16. The maximum Gasteiger partial charge on any atom is 0.306 e. The SMILES string of the molecule is CC/C=C\C/C=C\C/C=C\C/C=C\C/C=C\C/C=C\CCC(=O)OC(COC(=O)CCCCCCCCCCC/C=C\C/C=C\CCCCCCC)COC(=O)CCCCCCCCCCCCCCCCCC. The zero-order chi connectivity index (χ0) is 53.6. The Balaban J connectivity index is 4.47. The van der Waals surface area contributed by atoms with E-state index in [9.17, 15) is 14.4 Å². The van der Waals surface area contributed by atoms with Crippen molar-refractivity contribution in [2.45, 2.75) is 303 Å². The molecule has 6 heteroatoms. The van der Waals surface area contributed by atoms with E-state index in [0.717, 1.165) is 83.5 Å². The number of ether oxygens (including phenoxy) is 3. The lowest BCUT2D eigenvalue weighted by molar-refractivity contribution is -0.166. The first-order valence-electron chi connectivity index (χ1n) is 31.2. The molecule has 0 fully saturated rings. The van der Waals surface area contributed by atoms with Gasteiger partial charge in [0.05, 0.1) is 0 Å². The zero-order valence-electron chi connectivity index (χ0n) is 48.6. The highest BCUT2D eigenvalue weighted by Gasteiger charge is 2.19. The molecular formula is C68H116O6. The van der Waals surface area contributed by atoms with Crippen LogP contribution in [0.1, 0.15) is 297 Å².